The first-order valence-electron chi connectivity index (χ1n) is 8.59. The average molecular weight is 308 g/mol. The Kier molecular flexibility index (Phi) is 6.57. The van der Waals surface area contributed by atoms with Crippen molar-refractivity contribution in [3.8, 4) is 0 Å². The van der Waals surface area contributed by atoms with Crippen molar-refractivity contribution in [3.05, 3.63) is 34.9 Å². The van der Waals surface area contributed by atoms with Gasteiger partial charge in [0.2, 0.25) is 0 Å². The Labute approximate surface area is 135 Å². The number of nitrogens with zero attached hydrogens (tertiary/aromatic N) is 1. The maximum atomic E-state index is 6.06. The molecule has 2 heteroatoms. The molecule has 1 nitrogen and oxygen atoms in total. The predicted molar refractivity (Wildman–Crippen MR) is 92.9 cm³/mol. The lowest BCUT2D eigenvalue weighted by atomic mass is 9.88. The third kappa shape index (κ3) is 5.00. The zero-order chi connectivity index (χ0) is 15.2. The lowest BCUT2D eigenvalue weighted by Gasteiger charge is -2.40. The van der Waals surface area contributed by atoms with Gasteiger partial charge in [0.05, 0.1) is 0 Å². The molecule has 1 fully saturated rings. The highest BCUT2D eigenvalue weighted by Crippen LogP contribution is 2.33. The second kappa shape index (κ2) is 8.19. The molecule has 0 N–H and O–H groups in total. The number of hydrogen-bond donors (Lipinski definition) is 0. The second-order valence-corrected chi connectivity index (χ2v) is 7.40. The zero-order valence-corrected chi connectivity index (χ0v) is 14.6. The molecule has 1 saturated heterocycles. The molecule has 0 aliphatic carbocycles. The molecule has 21 heavy (non-hydrogen) atoms. The Morgan fingerprint density at radius 1 is 1.10 bits per heavy atom. The Bertz CT molecular complexity index is 404. The largest absolute Gasteiger partial charge is 0.296 e. The maximum absolute atomic E-state index is 6.06. The van der Waals surface area contributed by atoms with E-state index in [0.29, 0.717) is 6.04 Å². The molecule has 0 spiro atoms. The summed E-state index contributed by atoms with van der Waals surface area (Å²) in [6.45, 7) is 9.55. The summed E-state index contributed by atoms with van der Waals surface area (Å²) in [6.07, 6.45) is 6.60. The van der Waals surface area contributed by atoms with E-state index in [9.17, 15) is 0 Å². The average Bonchev–Trinajstić information content (AvgIpc) is 2.44. The van der Waals surface area contributed by atoms with Gasteiger partial charge in [-0.1, -0.05) is 63.8 Å². The van der Waals surface area contributed by atoms with Crippen LogP contribution in [0.15, 0.2) is 24.3 Å². The Morgan fingerprint density at radius 3 is 2.29 bits per heavy atom. The highest BCUT2D eigenvalue weighted by atomic mass is 35.5. The minimum Gasteiger partial charge on any atom is -0.296 e. The van der Waals surface area contributed by atoms with Crippen molar-refractivity contribution in [1.82, 2.24) is 4.90 Å². The van der Waals surface area contributed by atoms with Crippen molar-refractivity contribution in [2.45, 2.75) is 58.9 Å². The molecular formula is C19H30ClN. The number of rotatable bonds is 6. The normalized spacial score (nSPS) is 25.0. The molecule has 0 radical (unpaired) electrons. The van der Waals surface area contributed by atoms with E-state index in [1.54, 1.807) is 0 Å². The lowest BCUT2D eigenvalue weighted by molar-refractivity contribution is 0.0891. The summed E-state index contributed by atoms with van der Waals surface area (Å²) < 4.78 is 0. The molecule has 118 valence electrons. The number of unbranched alkanes of at least 4 members (excludes halogenated alkanes) is 2. The van der Waals surface area contributed by atoms with Gasteiger partial charge in [-0.15, -0.1) is 0 Å². The first kappa shape index (κ1) is 16.8. The molecule has 1 heterocycles. The summed E-state index contributed by atoms with van der Waals surface area (Å²) in [6, 6.07) is 9.10. The summed E-state index contributed by atoms with van der Waals surface area (Å²) in [7, 11) is 0. The number of likely N-dealkylation sites (tertiary alicyclic amines) is 1. The molecule has 0 aromatic heterocycles. The highest BCUT2D eigenvalue weighted by molar-refractivity contribution is 6.30. The van der Waals surface area contributed by atoms with E-state index in [1.165, 1.54) is 50.8 Å². The predicted octanol–water partition coefficient (Wildman–Crippen LogP) is 5.94. The van der Waals surface area contributed by atoms with Gasteiger partial charge in [-0.2, -0.15) is 0 Å². The van der Waals surface area contributed by atoms with Crippen LogP contribution in [0, 0.1) is 11.8 Å². The fraction of sp³-hybridized carbons (Fsp3) is 0.684. The first-order valence-corrected chi connectivity index (χ1v) is 8.97. The molecule has 1 aliphatic rings. The van der Waals surface area contributed by atoms with Crippen LogP contribution < -0.4 is 0 Å². The summed E-state index contributed by atoms with van der Waals surface area (Å²) >= 11 is 6.06. The minimum atomic E-state index is 0.569. The van der Waals surface area contributed by atoms with Gasteiger partial charge in [-0.3, -0.25) is 4.90 Å². The van der Waals surface area contributed by atoms with Crippen molar-refractivity contribution in [2.75, 3.05) is 13.1 Å². The smallest absolute Gasteiger partial charge is 0.0406 e. The summed E-state index contributed by atoms with van der Waals surface area (Å²) in [5.74, 6) is 1.63. The molecule has 1 aromatic rings. The van der Waals surface area contributed by atoms with Gasteiger partial charge in [-0.25, -0.2) is 0 Å². The maximum Gasteiger partial charge on any atom is 0.0406 e. The van der Waals surface area contributed by atoms with Crippen LogP contribution >= 0.6 is 11.6 Å². The van der Waals surface area contributed by atoms with E-state index in [4.69, 9.17) is 11.6 Å². The van der Waals surface area contributed by atoms with Crippen molar-refractivity contribution >= 4 is 11.6 Å². The number of piperidine rings is 1. The van der Waals surface area contributed by atoms with Crippen LogP contribution in [0.2, 0.25) is 5.02 Å². The molecular weight excluding hydrogens is 278 g/mol. The fourth-order valence-electron chi connectivity index (χ4n) is 3.80. The molecule has 0 saturated carbocycles. The first-order chi connectivity index (χ1) is 10.1. The van der Waals surface area contributed by atoms with Gasteiger partial charge in [0.15, 0.2) is 0 Å². The standard InChI is InChI=1S/C19H30ClN/c1-4-5-6-7-19(17-8-10-18(20)11-9-17)21-13-15(2)12-16(3)14-21/h8-11,15-16,19H,4-7,12-14H2,1-3H3/t15-,16-,19?/m1/s1. The van der Waals surface area contributed by atoms with Crippen LogP contribution in [0.4, 0.5) is 0 Å². The number of hydrogen-bond acceptors (Lipinski definition) is 1. The van der Waals surface area contributed by atoms with Gasteiger partial charge in [0.25, 0.3) is 0 Å². The quantitative estimate of drug-likeness (QED) is 0.588. The van der Waals surface area contributed by atoms with E-state index in [1.807, 2.05) is 12.1 Å². The molecule has 1 aliphatic heterocycles. The summed E-state index contributed by atoms with van der Waals surface area (Å²) in [5.41, 5.74) is 1.44. The summed E-state index contributed by atoms with van der Waals surface area (Å²) in [4.78, 5) is 2.72. The molecule has 3 atom stereocenters. The van der Waals surface area contributed by atoms with Crippen LogP contribution in [-0.2, 0) is 0 Å². The fourth-order valence-corrected chi connectivity index (χ4v) is 3.92. The van der Waals surface area contributed by atoms with E-state index in [2.05, 4.69) is 37.8 Å². The van der Waals surface area contributed by atoms with Crippen molar-refractivity contribution < 1.29 is 0 Å². The number of halogens is 1. The van der Waals surface area contributed by atoms with Crippen LogP contribution in [0.3, 0.4) is 0 Å². The van der Waals surface area contributed by atoms with E-state index < -0.39 is 0 Å². The van der Waals surface area contributed by atoms with Crippen LogP contribution in [0.25, 0.3) is 0 Å². The van der Waals surface area contributed by atoms with E-state index in [0.717, 1.165) is 16.9 Å². The Hall–Kier alpha value is -0.530. The van der Waals surface area contributed by atoms with Gasteiger partial charge in [0, 0.05) is 24.2 Å². The van der Waals surface area contributed by atoms with Crippen molar-refractivity contribution in [2.24, 2.45) is 11.8 Å². The van der Waals surface area contributed by atoms with Crippen LogP contribution in [0.1, 0.15) is 64.5 Å². The molecule has 1 unspecified atom stereocenters. The van der Waals surface area contributed by atoms with E-state index in [-0.39, 0.29) is 0 Å². The monoisotopic (exact) mass is 307 g/mol. The zero-order valence-electron chi connectivity index (χ0n) is 13.8. The van der Waals surface area contributed by atoms with Gasteiger partial charge in [-0.05, 0) is 42.4 Å². The van der Waals surface area contributed by atoms with Crippen LogP contribution in [-0.4, -0.2) is 18.0 Å². The molecule has 0 amide bonds. The van der Waals surface area contributed by atoms with Gasteiger partial charge >= 0.3 is 0 Å². The second-order valence-electron chi connectivity index (χ2n) is 6.96. The third-order valence-corrected chi connectivity index (χ3v) is 4.93. The van der Waals surface area contributed by atoms with Crippen molar-refractivity contribution in [3.63, 3.8) is 0 Å². The minimum absolute atomic E-state index is 0.569. The molecule has 0 bridgehead atoms. The highest BCUT2D eigenvalue weighted by Gasteiger charge is 2.28. The summed E-state index contributed by atoms with van der Waals surface area (Å²) in [5, 5.41) is 0.839. The SMILES string of the molecule is CCCCCC(c1ccc(Cl)cc1)N1C[C@H](C)C[C@@H](C)C1. The lowest BCUT2D eigenvalue weighted by Crippen LogP contribution is -2.41. The van der Waals surface area contributed by atoms with Gasteiger partial charge < -0.3 is 0 Å². The van der Waals surface area contributed by atoms with Crippen LogP contribution in [0.5, 0.6) is 0 Å². The van der Waals surface area contributed by atoms with E-state index >= 15 is 0 Å². The molecule has 2 rings (SSSR count). The molecule has 1 aromatic carbocycles. The van der Waals surface area contributed by atoms with Crippen molar-refractivity contribution in [1.29, 1.82) is 0 Å². The third-order valence-electron chi connectivity index (χ3n) is 4.67. The number of benzene rings is 1. The Balaban J connectivity index is 2.12. The van der Waals surface area contributed by atoms with Gasteiger partial charge in [0.1, 0.15) is 0 Å². The Morgan fingerprint density at radius 2 is 1.71 bits per heavy atom. The topological polar surface area (TPSA) is 3.24 Å².